The van der Waals surface area contributed by atoms with E-state index in [2.05, 4.69) is 25.4 Å². The maximum Gasteiger partial charge on any atom is 0.00819 e. The van der Waals surface area contributed by atoms with Gasteiger partial charge in [-0.1, -0.05) is 20.3 Å². The third-order valence-corrected chi connectivity index (χ3v) is 4.49. The standard InChI is InChI=1S/C10H21NS/c1-9(12-3)10(2)6-4-5-7-11-8-10/h9,11H,4-8H2,1-3H3. The van der Waals surface area contributed by atoms with Gasteiger partial charge in [-0.05, 0) is 31.1 Å². The first kappa shape index (κ1) is 10.4. The zero-order valence-corrected chi connectivity index (χ0v) is 9.34. The summed E-state index contributed by atoms with van der Waals surface area (Å²) in [6, 6.07) is 0. The summed E-state index contributed by atoms with van der Waals surface area (Å²) in [5.74, 6) is 0. The van der Waals surface area contributed by atoms with E-state index in [9.17, 15) is 0 Å². The van der Waals surface area contributed by atoms with Gasteiger partial charge < -0.3 is 5.32 Å². The van der Waals surface area contributed by atoms with Crippen LogP contribution in [0.15, 0.2) is 0 Å². The van der Waals surface area contributed by atoms with Crippen molar-refractivity contribution in [3.63, 3.8) is 0 Å². The monoisotopic (exact) mass is 187 g/mol. The maximum absolute atomic E-state index is 3.54. The molecule has 0 amide bonds. The molecular weight excluding hydrogens is 166 g/mol. The first-order valence-corrected chi connectivity index (χ1v) is 6.21. The Morgan fingerprint density at radius 1 is 1.42 bits per heavy atom. The molecule has 2 heteroatoms. The van der Waals surface area contributed by atoms with Crippen LogP contribution in [0.1, 0.15) is 33.1 Å². The first-order valence-electron chi connectivity index (χ1n) is 4.92. The Morgan fingerprint density at radius 3 is 2.83 bits per heavy atom. The van der Waals surface area contributed by atoms with E-state index in [1.807, 2.05) is 11.8 Å². The fourth-order valence-electron chi connectivity index (χ4n) is 1.87. The molecule has 0 aromatic carbocycles. The van der Waals surface area contributed by atoms with Gasteiger partial charge in [-0.25, -0.2) is 0 Å². The Bertz CT molecular complexity index is 128. The highest BCUT2D eigenvalue weighted by Crippen LogP contribution is 2.35. The van der Waals surface area contributed by atoms with E-state index in [0.29, 0.717) is 5.41 Å². The molecule has 1 nitrogen and oxygen atoms in total. The van der Waals surface area contributed by atoms with Gasteiger partial charge in [0.2, 0.25) is 0 Å². The summed E-state index contributed by atoms with van der Waals surface area (Å²) in [6.45, 7) is 7.20. The molecule has 0 aromatic rings. The number of rotatable bonds is 2. The molecule has 1 N–H and O–H groups in total. The lowest BCUT2D eigenvalue weighted by atomic mass is 9.83. The van der Waals surface area contributed by atoms with Crippen LogP contribution in [0.25, 0.3) is 0 Å². The van der Waals surface area contributed by atoms with Crippen LogP contribution >= 0.6 is 11.8 Å². The van der Waals surface area contributed by atoms with Gasteiger partial charge in [-0.15, -0.1) is 0 Å². The largest absolute Gasteiger partial charge is 0.316 e. The van der Waals surface area contributed by atoms with Crippen LogP contribution in [0.4, 0.5) is 0 Å². The number of nitrogens with one attached hydrogen (secondary N) is 1. The van der Waals surface area contributed by atoms with Crippen molar-refractivity contribution in [2.45, 2.75) is 38.4 Å². The molecule has 1 rings (SSSR count). The molecule has 1 aliphatic rings. The molecule has 0 bridgehead atoms. The van der Waals surface area contributed by atoms with Crippen LogP contribution in [-0.4, -0.2) is 24.6 Å². The molecular formula is C10H21NS. The number of hydrogen-bond acceptors (Lipinski definition) is 2. The van der Waals surface area contributed by atoms with Crippen molar-refractivity contribution < 1.29 is 0 Å². The molecule has 1 fully saturated rings. The van der Waals surface area contributed by atoms with Gasteiger partial charge in [-0.3, -0.25) is 0 Å². The highest BCUT2D eigenvalue weighted by molar-refractivity contribution is 7.99. The van der Waals surface area contributed by atoms with Crippen molar-refractivity contribution in [2.75, 3.05) is 19.3 Å². The lowest BCUT2D eigenvalue weighted by Gasteiger charge is -2.33. The normalized spacial score (nSPS) is 34.2. The summed E-state index contributed by atoms with van der Waals surface area (Å²) < 4.78 is 0. The van der Waals surface area contributed by atoms with E-state index >= 15 is 0 Å². The molecule has 0 radical (unpaired) electrons. The predicted molar refractivity (Wildman–Crippen MR) is 57.8 cm³/mol. The number of hydrogen-bond donors (Lipinski definition) is 1. The maximum atomic E-state index is 3.54. The zero-order chi connectivity index (χ0) is 9.03. The smallest absolute Gasteiger partial charge is 0.00819 e. The average Bonchev–Trinajstić information content (AvgIpc) is 2.29. The summed E-state index contributed by atoms with van der Waals surface area (Å²) in [7, 11) is 0. The minimum Gasteiger partial charge on any atom is -0.316 e. The van der Waals surface area contributed by atoms with Crippen LogP contribution in [0.2, 0.25) is 0 Å². The molecule has 0 saturated carbocycles. The van der Waals surface area contributed by atoms with Gasteiger partial charge in [0.05, 0.1) is 0 Å². The molecule has 72 valence electrons. The molecule has 0 spiro atoms. The Kier molecular flexibility index (Phi) is 3.91. The lowest BCUT2D eigenvalue weighted by molar-refractivity contribution is 0.296. The fraction of sp³-hybridized carbons (Fsp3) is 1.00. The van der Waals surface area contributed by atoms with Gasteiger partial charge >= 0.3 is 0 Å². The minimum absolute atomic E-state index is 0.524. The fourth-order valence-corrected chi connectivity index (χ4v) is 2.64. The van der Waals surface area contributed by atoms with Crippen LogP contribution in [-0.2, 0) is 0 Å². The van der Waals surface area contributed by atoms with Crippen LogP contribution in [0, 0.1) is 5.41 Å². The van der Waals surface area contributed by atoms with Crippen molar-refractivity contribution in [1.82, 2.24) is 5.32 Å². The molecule has 2 atom stereocenters. The van der Waals surface area contributed by atoms with Crippen LogP contribution in [0.3, 0.4) is 0 Å². The molecule has 2 unspecified atom stereocenters. The molecule has 12 heavy (non-hydrogen) atoms. The highest BCUT2D eigenvalue weighted by Gasteiger charge is 2.30. The summed E-state index contributed by atoms with van der Waals surface area (Å²) in [4.78, 5) is 0. The second kappa shape index (κ2) is 4.52. The van der Waals surface area contributed by atoms with Crippen molar-refractivity contribution in [3.8, 4) is 0 Å². The third kappa shape index (κ3) is 2.40. The minimum atomic E-state index is 0.524. The van der Waals surface area contributed by atoms with Gasteiger partial charge in [-0.2, -0.15) is 11.8 Å². The van der Waals surface area contributed by atoms with Gasteiger partial charge in [0.15, 0.2) is 0 Å². The van der Waals surface area contributed by atoms with Crippen molar-refractivity contribution in [2.24, 2.45) is 5.41 Å². The zero-order valence-electron chi connectivity index (χ0n) is 8.52. The second-order valence-electron chi connectivity index (χ2n) is 4.17. The summed E-state index contributed by atoms with van der Waals surface area (Å²) in [5.41, 5.74) is 0.524. The quantitative estimate of drug-likeness (QED) is 0.713. The van der Waals surface area contributed by atoms with E-state index in [-0.39, 0.29) is 0 Å². The van der Waals surface area contributed by atoms with Crippen molar-refractivity contribution >= 4 is 11.8 Å². The van der Waals surface area contributed by atoms with E-state index in [0.717, 1.165) is 5.25 Å². The van der Waals surface area contributed by atoms with Gasteiger partial charge in [0, 0.05) is 11.8 Å². The SMILES string of the molecule is CSC(C)C1(C)CCCCNC1. The second-order valence-corrected chi connectivity index (χ2v) is 5.34. The van der Waals surface area contributed by atoms with Gasteiger partial charge in [0.25, 0.3) is 0 Å². The lowest BCUT2D eigenvalue weighted by Crippen LogP contribution is -2.36. The first-order chi connectivity index (χ1) is 5.69. The van der Waals surface area contributed by atoms with E-state index in [1.165, 1.54) is 32.4 Å². The third-order valence-electron chi connectivity index (χ3n) is 3.22. The Morgan fingerprint density at radius 2 is 2.17 bits per heavy atom. The molecule has 1 aliphatic heterocycles. The van der Waals surface area contributed by atoms with Crippen molar-refractivity contribution in [1.29, 1.82) is 0 Å². The summed E-state index contributed by atoms with van der Waals surface area (Å²) in [5, 5.41) is 4.32. The summed E-state index contributed by atoms with van der Waals surface area (Å²) >= 11 is 2.00. The molecule has 1 saturated heterocycles. The van der Waals surface area contributed by atoms with E-state index < -0.39 is 0 Å². The Labute approximate surface area is 80.7 Å². The van der Waals surface area contributed by atoms with Crippen molar-refractivity contribution in [3.05, 3.63) is 0 Å². The van der Waals surface area contributed by atoms with Gasteiger partial charge in [0.1, 0.15) is 0 Å². The summed E-state index contributed by atoms with van der Waals surface area (Å²) in [6.07, 6.45) is 6.37. The van der Waals surface area contributed by atoms with Crippen LogP contribution in [0.5, 0.6) is 0 Å². The molecule has 0 aliphatic carbocycles. The topological polar surface area (TPSA) is 12.0 Å². The van der Waals surface area contributed by atoms with E-state index in [4.69, 9.17) is 0 Å². The Hall–Kier alpha value is 0.310. The highest BCUT2D eigenvalue weighted by atomic mass is 32.2. The van der Waals surface area contributed by atoms with Crippen LogP contribution < -0.4 is 5.32 Å². The molecule has 0 aromatic heterocycles. The average molecular weight is 187 g/mol. The Balaban J connectivity index is 2.53. The van der Waals surface area contributed by atoms with E-state index in [1.54, 1.807) is 0 Å². The number of thioether (sulfide) groups is 1. The predicted octanol–water partition coefficient (Wildman–Crippen LogP) is 2.52. The molecule has 1 heterocycles.